The van der Waals surface area contributed by atoms with Gasteiger partial charge in [0.25, 0.3) is 5.91 Å². The average molecular weight is 293 g/mol. The van der Waals surface area contributed by atoms with Crippen LogP contribution >= 0.6 is 11.3 Å². The zero-order valence-electron chi connectivity index (χ0n) is 11.5. The van der Waals surface area contributed by atoms with Gasteiger partial charge in [-0.1, -0.05) is 6.42 Å². The van der Waals surface area contributed by atoms with Crippen molar-refractivity contribution in [3.63, 3.8) is 0 Å². The van der Waals surface area contributed by atoms with Crippen LogP contribution in [0.4, 0.5) is 0 Å². The molecule has 3 rings (SSSR count). The number of amides is 1. The van der Waals surface area contributed by atoms with Gasteiger partial charge in [-0.25, -0.2) is 4.79 Å². The Kier molecular flexibility index (Phi) is 3.54. The number of fused-ring (bicyclic) bond motifs is 2. The van der Waals surface area contributed by atoms with E-state index in [1.54, 1.807) is 6.07 Å². The molecule has 0 aliphatic heterocycles. The van der Waals surface area contributed by atoms with Gasteiger partial charge in [-0.05, 0) is 56.1 Å². The summed E-state index contributed by atoms with van der Waals surface area (Å²) in [5, 5.41) is 11.9. The van der Waals surface area contributed by atoms with E-state index < -0.39 is 5.97 Å². The molecule has 4 atom stereocenters. The monoisotopic (exact) mass is 293 g/mol. The molecule has 1 amide bonds. The van der Waals surface area contributed by atoms with E-state index in [0.717, 1.165) is 23.2 Å². The molecule has 2 saturated carbocycles. The highest BCUT2D eigenvalue weighted by Gasteiger charge is 2.42. The second-order valence-electron chi connectivity index (χ2n) is 6.07. The SMILES string of the molecule is CC(NC(=O)c1ccc(C(=O)O)s1)C1CC2CCC1C2. The Bertz CT molecular complexity index is 539. The Morgan fingerprint density at radius 2 is 2.05 bits per heavy atom. The van der Waals surface area contributed by atoms with E-state index in [-0.39, 0.29) is 16.8 Å². The molecule has 2 N–H and O–H groups in total. The fourth-order valence-corrected chi connectivity index (χ4v) is 4.61. The Morgan fingerprint density at radius 1 is 1.30 bits per heavy atom. The minimum Gasteiger partial charge on any atom is -0.477 e. The number of carboxylic acid groups (broad SMARTS) is 1. The normalized spacial score (nSPS) is 29.4. The molecule has 1 aromatic rings. The van der Waals surface area contributed by atoms with Gasteiger partial charge in [0.05, 0.1) is 4.88 Å². The Morgan fingerprint density at radius 3 is 2.60 bits per heavy atom. The van der Waals surface area contributed by atoms with Gasteiger partial charge in [0.1, 0.15) is 4.88 Å². The van der Waals surface area contributed by atoms with Crippen molar-refractivity contribution in [3.05, 3.63) is 21.9 Å². The van der Waals surface area contributed by atoms with Crippen LogP contribution in [0.15, 0.2) is 12.1 Å². The fourth-order valence-electron chi connectivity index (χ4n) is 3.87. The molecule has 1 aromatic heterocycles. The summed E-state index contributed by atoms with van der Waals surface area (Å²) in [6.07, 6.45) is 5.22. The molecule has 20 heavy (non-hydrogen) atoms. The molecule has 2 fully saturated rings. The molecular formula is C15H19NO3S. The first-order chi connectivity index (χ1) is 9.54. The van der Waals surface area contributed by atoms with Gasteiger partial charge in [0.2, 0.25) is 0 Å². The molecule has 4 unspecified atom stereocenters. The molecular weight excluding hydrogens is 274 g/mol. The van der Waals surface area contributed by atoms with Crippen molar-refractivity contribution in [3.8, 4) is 0 Å². The van der Waals surface area contributed by atoms with Gasteiger partial charge in [0.15, 0.2) is 0 Å². The summed E-state index contributed by atoms with van der Waals surface area (Å²) in [6.45, 7) is 2.08. The quantitative estimate of drug-likeness (QED) is 0.896. The van der Waals surface area contributed by atoms with Crippen LogP contribution in [-0.4, -0.2) is 23.0 Å². The zero-order valence-corrected chi connectivity index (χ0v) is 12.3. The lowest BCUT2D eigenvalue weighted by Crippen LogP contribution is -2.39. The lowest BCUT2D eigenvalue weighted by Gasteiger charge is -2.28. The van der Waals surface area contributed by atoms with Crippen molar-refractivity contribution < 1.29 is 14.7 Å². The molecule has 0 saturated heterocycles. The molecule has 2 bridgehead atoms. The van der Waals surface area contributed by atoms with E-state index in [4.69, 9.17) is 5.11 Å². The predicted octanol–water partition coefficient (Wildman–Crippen LogP) is 3.00. The van der Waals surface area contributed by atoms with Gasteiger partial charge < -0.3 is 10.4 Å². The lowest BCUT2D eigenvalue weighted by molar-refractivity contribution is 0.0702. The summed E-state index contributed by atoms with van der Waals surface area (Å²) >= 11 is 1.04. The highest BCUT2D eigenvalue weighted by atomic mass is 32.1. The highest BCUT2D eigenvalue weighted by molar-refractivity contribution is 7.15. The van der Waals surface area contributed by atoms with Crippen LogP contribution in [0.1, 0.15) is 52.0 Å². The molecule has 5 heteroatoms. The molecule has 0 radical (unpaired) electrons. The molecule has 1 heterocycles. The van der Waals surface area contributed by atoms with Crippen LogP contribution in [0.3, 0.4) is 0 Å². The number of carbonyl (C=O) groups excluding carboxylic acids is 1. The van der Waals surface area contributed by atoms with Crippen molar-refractivity contribution in [1.29, 1.82) is 0 Å². The number of aromatic carboxylic acids is 1. The summed E-state index contributed by atoms with van der Waals surface area (Å²) in [4.78, 5) is 23.7. The van der Waals surface area contributed by atoms with Gasteiger partial charge in [0, 0.05) is 6.04 Å². The number of carboxylic acids is 1. The number of thiophene rings is 1. The summed E-state index contributed by atoms with van der Waals surface area (Å²) < 4.78 is 0. The van der Waals surface area contributed by atoms with Crippen LogP contribution in [0.25, 0.3) is 0 Å². The third kappa shape index (κ3) is 2.46. The third-order valence-electron chi connectivity index (χ3n) is 4.83. The molecule has 2 aliphatic carbocycles. The maximum atomic E-state index is 12.2. The van der Waals surface area contributed by atoms with Crippen LogP contribution in [0.2, 0.25) is 0 Å². The number of nitrogens with one attached hydrogen (secondary N) is 1. The number of hydrogen-bond donors (Lipinski definition) is 2. The fraction of sp³-hybridized carbons (Fsp3) is 0.600. The first-order valence-corrected chi connectivity index (χ1v) is 8.00. The van der Waals surface area contributed by atoms with E-state index in [1.165, 1.54) is 31.7 Å². The second kappa shape index (κ2) is 5.20. The van der Waals surface area contributed by atoms with E-state index in [9.17, 15) is 9.59 Å². The molecule has 4 nitrogen and oxygen atoms in total. The minimum absolute atomic E-state index is 0.141. The van der Waals surface area contributed by atoms with Gasteiger partial charge in [-0.2, -0.15) is 0 Å². The van der Waals surface area contributed by atoms with Crippen LogP contribution < -0.4 is 5.32 Å². The number of rotatable bonds is 4. The maximum absolute atomic E-state index is 12.2. The molecule has 108 valence electrons. The molecule has 2 aliphatic rings. The standard InChI is InChI=1S/C15H19NO3S/c1-8(11-7-9-2-3-10(11)6-9)16-14(17)12-4-5-13(20-12)15(18)19/h4-5,8-11H,2-3,6-7H2,1H3,(H,16,17)(H,18,19). The van der Waals surface area contributed by atoms with Crippen LogP contribution in [-0.2, 0) is 0 Å². The van der Waals surface area contributed by atoms with Crippen molar-refractivity contribution in [2.24, 2.45) is 17.8 Å². The first-order valence-electron chi connectivity index (χ1n) is 7.18. The summed E-state index contributed by atoms with van der Waals surface area (Å²) in [5.74, 6) is 1.11. The topological polar surface area (TPSA) is 66.4 Å². The number of hydrogen-bond acceptors (Lipinski definition) is 3. The van der Waals surface area contributed by atoms with E-state index in [2.05, 4.69) is 12.2 Å². The lowest BCUT2D eigenvalue weighted by atomic mass is 9.84. The van der Waals surface area contributed by atoms with E-state index >= 15 is 0 Å². The minimum atomic E-state index is -0.977. The average Bonchev–Trinajstić information content (AvgIpc) is 3.14. The Balaban J connectivity index is 1.62. The zero-order chi connectivity index (χ0) is 14.3. The van der Waals surface area contributed by atoms with Crippen molar-refractivity contribution in [1.82, 2.24) is 5.32 Å². The summed E-state index contributed by atoms with van der Waals surface area (Å²) in [7, 11) is 0. The Hall–Kier alpha value is -1.36. The Labute approximate surface area is 122 Å². The smallest absolute Gasteiger partial charge is 0.345 e. The van der Waals surface area contributed by atoms with Gasteiger partial charge in [-0.3, -0.25) is 4.79 Å². The molecule has 0 aromatic carbocycles. The predicted molar refractivity (Wildman–Crippen MR) is 77.1 cm³/mol. The second-order valence-corrected chi connectivity index (χ2v) is 7.15. The van der Waals surface area contributed by atoms with E-state index in [1.807, 2.05) is 0 Å². The largest absolute Gasteiger partial charge is 0.477 e. The molecule has 0 spiro atoms. The number of carbonyl (C=O) groups is 2. The van der Waals surface area contributed by atoms with Gasteiger partial charge in [-0.15, -0.1) is 11.3 Å². The van der Waals surface area contributed by atoms with Gasteiger partial charge >= 0.3 is 5.97 Å². The van der Waals surface area contributed by atoms with Crippen molar-refractivity contribution >= 4 is 23.2 Å². The highest BCUT2D eigenvalue weighted by Crippen LogP contribution is 2.49. The third-order valence-corrected chi connectivity index (χ3v) is 5.91. The van der Waals surface area contributed by atoms with E-state index in [0.29, 0.717) is 10.8 Å². The van der Waals surface area contributed by atoms with Crippen LogP contribution in [0, 0.1) is 17.8 Å². The van der Waals surface area contributed by atoms with Crippen molar-refractivity contribution in [2.45, 2.75) is 38.6 Å². The van der Waals surface area contributed by atoms with Crippen LogP contribution in [0.5, 0.6) is 0 Å². The summed E-state index contributed by atoms with van der Waals surface area (Å²) in [5.41, 5.74) is 0. The van der Waals surface area contributed by atoms with Crippen molar-refractivity contribution in [2.75, 3.05) is 0 Å². The first kappa shape index (κ1) is 13.6. The maximum Gasteiger partial charge on any atom is 0.345 e. The summed E-state index contributed by atoms with van der Waals surface area (Å²) in [6, 6.07) is 3.26.